The highest BCUT2D eigenvalue weighted by atomic mass is 14.4. The molecule has 0 unspecified atom stereocenters. The second-order valence-corrected chi connectivity index (χ2v) is 24.9. The molecule has 0 fully saturated rings. The predicted octanol–water partition coefficient (Wildman–Crippen LogP) is 18.1. The lowest BCUT2D eigenvalue weighted by molar-refractivity contribution is 0.589. The summed E-state index contributed by atoms with van der Waals surface area (Å²) in [7, 11) is 0. The maximum absolute atomic E-state index is 9.90. The van der Waals surface area contributed by atoms with Gasteiger partial charge in [0, 0.05) is 27.5 Å². The molecule has 0 atom stereocenters. The molecule has 0 aromatic heterocycles. The summed E-state index contributed by atoms with van der Waals surface area (Å²) in [6, 6.07) is 75.0. The zero-order valence-electron chi connectivity index (χ0n) is 49.8. The first-order valence-corrected chi connectivity index (χ1v) is 28.9. The molecule has 0 radical (unpaired) electrons. The van der Waals surface area contributed by atoms with Crippen molar-refractivity contribution >= 4 is 38.7 Å². The number of fused-ring (bicyclic) bond motifs is 4. The van der Waals surface area contributed by atoms with E-state index in [-0.39, 0.29) is 10.8 Å². The minimum atomic E-state index is -0.0633. The molecule has 4 nitrogen and oxygen atoms in total. The van der Waals surface area contributed by atoms with Crippen molar-refractivity contribution in [1.29, 1.82) is 15.8 Å². The highest BCUT2D eigenvalue weighted by molar-refractivity contribution is 6.15. The van der Waals surface area contributed by atoms with Crippen molar-refractivity contribution in [2.24, 2.45) is 0 Å². The summed E-state index contributed by atoms with van der Waals surface area (Å²) in [6.45, 7) is 22.6. The van der Waals surface area contributed by atoms with Gasteiger partial charge in [-0.05, 0) is 252 Å². The van der Waals surface area contributed by atoms with Gasteiger partial charge in [0.2, 0.25) is 0 Å². The molecule has 0 saturated carbocycles. The van der Waals surface area contributed by atoms with E-state index in [0.717, 1.165) is 110 Å². The minimum absolute atomic E-state index is 0.0633. The Morgan fingerprint density at radius 3 is 1.20 bits per heavy atom. The van der Waals surface area contributed by atoms with Crippen LogP contribution in [0.1, 0.15) is 119 Å². The lowest BCUT2D eigenvalue weighted by Gasteiger charge is -2.29. The highest BCUT2D eigenvalue weighted by Gasteiger charge is 2.39. The summed E-state index contributed by atoms with van der Waals surface area (Å²) in [5, 5.41) is 47.3. The Morgan fingerprint density at radius 2 is 0.765 bits per heavy atom. The summed E-state index contributed by atoms with van der Waals surface area (Å²) in [6.07, 6.45) is 0. The fourth-order valence-electron chi connectivity index (χ4n) is 12.6. The van der Waals surface area contributed by atoms with Crippen molar-refractivity contribution in [3.8, 4) is 62.7 Å². The van der Waals surface area contributed by atoms with E-state index in [4.69, 9.17) is 0 Å². The summed E-state index contributed by atoms with van der Waals surface area (Å²) in [5.41, 5.74) is 28.0. The highest BCUT2D eigenvalue weighted by Crippen LogP contribution is 2.50. The van der Waals surface area contributed by atoms with Gasteiger partial charge in [-0.2, -0.15) is 15.8 Å². The van der Waals surface area contributed by atoms with Crippen molar-refractivity contribution in [1.82, 2.24) is 0 Å². The third-order valence-corrected chi connectivity index (χ3v) is 17.2. The van der Waals surface area contributed by atoms with E-state index in [9.17, 15) is 21.2 Å². The van der Waals surface area contributed by atoms with Crippen LogP contribution in [0.15, 0.2) is 194 Å². The fraction of sp³-hybridized carbons (Fsp3) is 0.148. The van der Waals surface area contributed by atoms with Crippen LogP contribution >= 0.6 is 0 Å². The van der Waals surface area contributed by atoms with Crippen LogP contribution < -0.4 is 10.4 Å². The van der Waals surface area contributed by atoms with Crippen molar-refractivity contribution in [2.45, 2.75) is 80.1 Å². The standard InChI is InChI=1S/C81H62N4/c1-48-35-64(80(5,6)7)36-49(2)76(48)78-66-31-27-60(56-19-11-52(44-82)12-20-56)39-70(66)74(71-40-61(28-32-67(71)78)57-21-13-53(45-83)14-22-57)43-75-72-41-62(58-23-15-54(46-84)16-24-58)29-33-68(72)79(77-50(3)37-65(38-51(77)4)81(8,9)10)69-34-30-63(42-73(69)75)59-25-17-55(47-85)18-26-59/h11-42H,1-10H3. The van der Waals surface area contributed by atoms with Crippen LogP contribution in [0.25, 0.3) is 82.8 Å². The molecule has 12 rings (SSSR count). The van der Waals surface area contributed by atoms with E-state index in [2.05, 4.69) is 196 Å². The molecule has 11 aromatic carbocycles. The Morgan fingerprint density at radius 1 is 0.376 bits per heavy atom. The van der Waals surface area contributed by atoms with E-state index in [1.807, 2.05) is 97.1 Å². The Balaban J connectivity index is 1.33. The Bertz CT molecular complexity index is 4870. The molecule has 0 saturated heterocycles. The monoisotopic (exact) mass is 1090 g/mol. The maximum atomic E-state index is 9.90. The molecule has 85 heavy (non-hydrogen) atoms. The van der Waals surface area contributed by atoms with Crippen LogP contribution in [0.4, 0.5) is 0 Å². The zero-order chi connectivity index (χ0) is 59.6. The zero-order valence-corrected chi connectivity index (χ0v) is 49.8. The normalized spacial score (nSPS) is 12.0. The first-order chi connectivity index (χ1) is 40.8. The van der Waals surface area contributed by atoms with Crippen LogP contribution in [-0.4, -0.2) is 5.87 Å². The molecule has 0 amide bonds. The largest absolute Gasteiger partial charge is 0.763 e. The van der Waals surface area contributed by atoms with E-state index < -0.39 is 0 Å². The van der Waals surface area contributed by atoms with Crippen LogP contribution in [0.5, 0.6) is 0 Å². The van der Waals surface area contributed by atoms with Crippen LogP contribution in [0.3, 0.4) is 0 Å². The molecule has 406 valence electrons. The van der Waals surface area contributed by atoms with E-state index >= 15 is 0 Å². The van der Waals surface area contributed by atoms with Gasteiger partial charge in [-0.25, -0.2) is 0 Å². The van der Waals surface area contributed by atoms with Gasteiger partial charge >= 0.3 is 0 Å². The van der Waals surface area contributed by atoms with Gasteiger partial charge < -0.3 is 5.41 Å². The van der Waals surface area contributed by atoms with Crippen molar-refractivity contribution < 1.29 is 0 Å². The van der Waals surface area contributed by atoms with Gasteiger partial charge in [-0.3, -0.25) is 5.87 Å². The predicted molar refractivity (Wildman–Crippen MR) is 350 cm³/mol. The molecule has 0 heterocycles. The van der Waals surface area contributed by atoms with Gasteiger partial charge in [-0.1, -0.05) is 132 Å². The number of aryl methyl sites for hydroxylation is 4. The minimum Gasteiger partial charge on any atom is -0.763 e. The molecule has 0 bridgehead atoms. The molecule has 0 aliphatic heterocycles. The molecular formula is C81H62N4. The van der Waals surface area contributed by atoms with Crippen molar-refractivity contribution in [3.63, 3.8) is 0 Å². The second-order valence-electron chi connectivity index (χ2n) is 24.9. The first kappa shape index (κ1) is 55.1. The van der Waals surface area contributed by atoms with Gasteiger partial charge in [0.1, 0.15) is 0 Å². The summed E-state index contributed by atoms with van der Waals surface area (Å²) < 4.78 is 0. The van der Waals surface area contributed by atoms with Crippen LogP contribution in [0.2, 0.25) is 0 Å². The van der Waals surface area contributed by atoms with Crippen LogP contribution in [0, 0.1) is 78.0 Å². The topological polar surface area (TPSA) is 93.7 Å². The molecule has 1 aliphatic carbocycles. The van der Waals surface area contributed by atoms with Crippen LogP contribution in [-0.2, 0) is 10.8 Å². The summed E-state index contributed by atoms with van der Waals surface area (Å²) in [5.74, 6) is 3.45. The molecule has 0 spiro atoms. The number of hydrogen-bond donors (Lipinski definition) is 0. The Hall–Kier alpha value is -10.5. The average molecular weight is 1090 g/mol. The van der Waals surface area contributed by atoms with Crippen molar-refractivity contribution in [3.05, 3.63) is 304 Å². The lowest BCUT2D eigenvalue weighted by Crippen LogP contribution is -2.19. The number of benzene rings is 11. The number of hydrogen-bond acceptors (Lipinski definition) is 3. The summed E-state index contributed by atoms with van der Waals surface area (Å²) >= 11 is 0. The number of rotatable bonds is 5. The van der Waals surface area contributed by atoms with E-state index in [1.165, 1.54) is 44.5 Å². The average Bonchev–Trinajstić information content (AvgIpc) is 0.845. The third-order valence-electron chi connectivity index (χ3n) is 17.2. The SMILES string of the molecule is Cc1cc(C(C)(C)C)cc(C)c1-c1c2ccc(-c3ccc(C#N)cc3)cc2c(=C=C2c3cc(-c4ccc(C#N)cc4)ccc3[C+](c3c(C)cc(C(C)(C)C)cc3C)c3ccc(-c4ccc(C#N)cc4)cc32)c2cc(=c3ccc(=C=[N-])cc3)ccc12. The van der Waals surface area contributed by atoms with Gasteiger partial charge in [-0.15, -0.1) is 0 Å². The van der Waals surface area contributed by atoms with E-state index in [0.29, 0.717) is 21.9 Å². The molecule has 4 heteroatoms. The molecular weight excluding hydrogens is 1030 g/mol. The smallest absolute Gasteiger partial charge is 0.0991 e. The molecule has 1 aliphatic rings. The second kappa shape index (κ2) is 21.4. The van der Waals surface area contributed by atoms with E-state index in [1.54, 1.807) is 0 Å². The Kier molecular flexibility index (Phi) is 13.8. The van der Waals surface area contributed by atoms with Gasteiger partial charge in [0.15, 0.2) is 0 Å². The fourth-order valence-corrected chi connectivity index (χ4v) is 12.6. The Labute approximate surface area is 498 Å². The third kappa shape index (κ3) is 10.0. The van der Waals surface area contributed by atoms with Gasteiger partial charge in [0.25, 0.3) is 0 Å². The quantitative estimate of drug-likeness (QED) is 0.0976. The lowest BCUT2D eigenvalue weighted by atomic mass is 9.69. The number of nitriles is 3. The maximum Gasteiger partial charge on any atom is 0.0991 e. The van der Waals surface area contributed by atoms with Crippen molar-refractivity contribution in [2.75, 3.05) is 0 Å². The molecule has 0 N–H and O–H groups in total. The molecule has 11 aromatic rings. The van der Waals surface area contributed by atoms with Gasteiger partial charge in [0.05, 0.1) is 63.1 Å². The number of nitrogens with zero attached hydrogens (tertiary/aromatic N) is 4. The first-order valence-electron chi connectivity index (χ1n) is 28.9. The summed E-state index contributed by atoms with van der Waals surface area (Å²) in [4.78, 5) is 0.